The summed E-state index contributed by atoms with van der Waals surface area (Å²) in [6.45, 7) is 3.24. The van der Waals surface area contributed by atoms with Crippen LogP contribution in [0.5, 0.6) is 0 Å². The quantitative estimate of drug-likeness (QED) is 0.846. The molecule has 0 radical (unpaired) electrons. The molecule has 112 valence electrons. The Balaban J connectivity index is 1.73. The third-order valence-corrected chi connectivity index (χ3v) is 3.82. The van der Waals surface area contributed by atoms with Crippen molar-refractivity contribution in [3.05, 3.63) is 50.8 Å². The zero-order valence-electron chi connectivity index (χ0n) is 11.8. The topological polar surface area (TPSA) is 76.0 Å². The van der Waals surface area contributed by atoms with E-state index in [9.17, 15) is 9.59 Å². The Morgan fingerprint density at radius 2 is 2.29 bits per heavy atom. The van der Waals surface area contributed by atoms with Gasteiger partial charge in [0.1, 0.15) is 0 Å². The normalized spacial score (nSPS) is 10.3. The highest BCUT2D eigenvalue weighted by molar-refractivity contribution is 7.09. The molecule has 0 aliphatic carbocycles. The molecule has 0 aromatic carbocycles. The third-order valence-electron chi connectivity index (χ3n) is 2.94. The fourth-order valence-electron chi connectivity index (χ4n) is 1.76. The molecule has 0 aliphatic heterocycles. The Hall–Kier alpha value is -2.15. The Morgan fingerprint density at radius 3 is 2.95 bits per heavy atom. The lowest BCUT2D eigenvalue weighted by Crippen LogP contribution is -2.37. The van der Waals surface area contributed by atoms with Crippen LogP contribution in [0.3, 0.4) is 0 Å². The van der Waals surface area contributed by atoms with E-state index < -0.39 is 0 Å². The van der Waals surface area contributed by atoms with Gasteiger partial charge >= 0.3 is 6.03 Å². The SMILES string of the molecule is CCc1cc(=O)n(CCNC(=O)NCc2cccs2)cn1. The molecule has 2 heterocycles. The molecule has 21 heavy (non-hydrogen) atoms. The maximum atomic E-state index is 11.8. The van der Waals surface area contributed by atoms with E-state index in [4.69, 9.17) is 0 Å². The molecular formula is C14H18N4O2S. The van der Waals surface area contributed by atoms with Gasteiger partial charge in [-0.1, -0.05) is 13.0 Å². The van der Waals surface area contributed by atoms with Gasteiger partial charge in [0.25, 0.3) is 5.56 Å². The lowest BCUT2D eigenvalue weighted by Gasteiger charge is -2.08. The van der Waals surface area contributed by atoms with E-state index in [1.165, 1.54) is 17.0 Å². The number of aromatic nitrogens is 2. The van der Waals surface area contributed by atoms with Crippen LogP contribution in [-0.4, -0.2) is 22.1 Å². The summed E-state index contributed by atoms with van der Waals surface area (Å²) in [7, 11) is 0. The van der Waals surface area contributed by atoms with Crippen LogP contribution < -0.4 is 16.2 Å². The second-order valence-electron chi connectivity index (χ2n) is 4.45. The van der Waals surface area contributed by atoms with E-state index in [0.717, 1.165) is 17.0 Å². The number of nitrogens with one attached hydrogen (secondary N) is 2. The van der Waals surface area contributed by atoms with Crippen molar-refractivity contribution in [1.82, 2.24) is 20.2 Å². The number of carbonyl (C=O) groups excluding carboxylic acids is 1. The van der Waals surface area contributed by atoms with Gasteiger partial charge in [-0.2, -0.15) is 0 Å². The summed E-state index contributed by atoms with van der Waals surface area (Å²) in [6, 6.07) is 5.19. The van der Waals surface area contributed by atoms with E-state index in [1.807, 2.05) is 24.4 Å². The number of amides is 2. The number of hydrogen-bond acceptors (Lipinski definition) is 4. The first-order chi connectivity index (χ1) is 10.2. The summed E-state index contributed by atoms with van der Waals surface area (Å²) in [6.07, 6.45) is 2.26. The van der Waals surface area contributed by atoms with Crippen LogP contribution in [0.15, 0.2) is 34.7 Å². The zero-order chi connectivity index (χ0) is 15.1. The van der Waals surface area contributed by atoms with Crippen LogP contribution >= 0.6 is 11.3 Å². The summed E-state index contributed by atoms with van der Waals surface area (Å²) < 4.78 is 1.48. The average Bonchev–Trinajstić information content (AvgIpc) is 3.00. The number of urea groups is 1. The number of hydrogen-bond donors (Lipinski definition) is 2. The minimum Gasteiger partial charge on any atom is -0.336 e. The molecule has 2 amide bonds. The van der Waals surface area contributed by atoms with Crippen molar-refractivity contribution < 1.29 is 4.79 Å². The van der Waals surface area contributed by atoms with Crippen molar-refractivity contribution in [2.75, 3.05) is 6.54 Å². The van der Waals surface area contributed by atoms with Crippen LogP contribution in [0.1, 0.15) is 17.5 Å². The van der Waals surface area contributed by atoms with Crippen LogP contribution in [0.2, 0.25) is 0 Å². The maximum absolute atomic E-state index is 11.8. The van der Waals surface area contributed by atoms with Gasteiger partial charge in [0.15, 0.2) is 0 Å². The summed E-state index contributed by atoms with van der Waals surface area (Å²) in [4.78, 5) is 28.6. The van der Waals surface area contributed by atoms with Crippen LogP contribution in [0.25, 0.3) is 0 Å². The number of nitrogens with zero attached hydrogens (tertiary/aromatic N) is 2. The molecule has 0 atom stereocenters. The monoisotopic (exact) mass is 306 g/mol. The summed E-state index contributed by atoms with van der Waals surface area (Å²) >= 11 is 1.59. The highest BCUT2D eigenvalue weighted by Gasteiger charge is 2.02. The predicted octanol–water partition coefficient (Wildman–Crippen LogP) is 1.37. The molecule has 0 unspecified atom stereocenters. The van der Waals surface area contributed by atoms with E-state index in [-0.39, 0.29) is 11.6 Å². The largest absolute Gasteiger partial charge is 0.336 e. The van der Waals surface area contributed by atoms with Gasteiger partial charge in [0.05, 0.1) is 12.9 Å². The maximum Gasteiger partial charge on any atom is 0.315 e. The Morgan fingerprint density at radius 1 is 1.43 bits per heavy atom. The van der Waals surface area contributed by atoms with Gasteiger partial charge in [-0.3, -0.25) is 9.36 Å². The molecule has 2 aromatic heterocycles. The lowest BCUT2D eigenvalue weighted by molar-refractivity contribution is 0.240. The van der Waals surface area contributed by atoms with Crippen molar-refractivity contribution >= 4 is 17.4 Å². The minimum absolute atomic E-state index is 0.0948. The van der Waals surface area contributed by atoms with Gasteiger partial charge in [-0.05, 0) is 17.9 Å². The summed E-state index contributed by atoms with van der Waals surface area (Å²) in [5.74, 6) is 0. The molecule has 0 bridgehead atoms. The molecule has 0 spiro atoms. The predicted molar refractivity (Wildman–Crippen MR) is 82.4 cm³/mol. The van der Waals surface area contributed by atoms with Gasteiger partial charge in [0, 0.05) is 29.7 Å². The number of aryl methyl sites for hydroxylation is 1. The Kier molecular flexibility index (Phi) is 5.51. The molecule has 6 nitrogen and oxygen atoms in total. The fourth-order valence-corrected chi connectivity index (χ4v) is 2.40. The lowest BCUT2D eigenvalue weighted by atomic mass is 10.3. The van der Waals surface area contributed by atoms with Crippen molar-refractivity contribution in [2.24, 2.45) is 0 Å². The smallest absolute Gasteiger partial charge is 0.315 e. The molecule has 0 saturated carbocycles. The second kappa shape index (κ2) is 7.58. The fraction of sp³-hybridized carbons (Fsp3) is 0.357. The van der Waals surface area contributed by atoms with E-state index >= 15 is 0 Å². The van der Waals surface area contributed by atoms with Crippen molar-refractivity contribution in [3.63, 3.8) is 0 Å². The van der Waals surface area contributed by atoms with Crippen LogP contribution in [0.4, 0.5) is 4.79 Å². The highest BCUT2D eigenvalue weighted by Crippen LogP contribution is 2.06. The van der Waals surface area contributed by atoms with Crippen molar-refractivity contribution in [1.29, 1.82) is 0 Å². The van der Waals surface area contributed by atoms with Crippen molar-refractivity contribution in [2.45, 2.75) is 26.4 Å². The number of carbonyl (C=O) groups is 1. The summed E-state index contributed by atoms with van der Waals surface area (Å²) in [5.41, 5.74) is 0.681. The average molecular weight is 306 g/mol. The third kappa shape index (κ3) is 4.71. The van der Waals surface area contributed by atoms with E-state index in [1.54, 1.807) is 11.3 Å². The molecule has 0 saturated heterocycles. The first kappa shape index (κ1) is 15.2. The Bertz CT molecular complexity index is 637. The minimum atomic E-state index is -0.241. The molecule has 2 aromatic rings. The Labute approximate surface area is 126 Å². The molecule has 0 fully saturated rings. The highest BCUT2D eigenvalue weighted by atomic mass is 32.1. The van der Waals surface area contributed by atoms with Crippen LogP contribution in [-0.2, 0) is 19.5 Å². The van der Waals surface area contributed by atoms with Gasteiger partial charge in [-0.15, -0.1) is 11.3 Å². The number of thiophene rings is 1. The second-order valence-corrected chi connectivity index (χ2v) is 5.49. The standard InChI is InChI=1S/C14H18N4O2S/c1-2-11-8-13(19)18(10-17-11)6-5-15-14(20)16-9-12-4-3-7-21-12/h3-4,7-8,10H,2,5-6,9H2,1H3,(H2,15,16,20). The van der Waals surface area contributed by atoms with E-state index in [0.29, 0.717) is 19.6 Å². The first-order valence-corrected chi connectivity index (χ1v) is 7.66. The molecule has 2 N–H and O–H groups in total. The van der Waals surface area contributed by atoms with Gasteiger partial charge in [-0.25, -0.2) is 9.78 Å². The van der Waals surface area contributed by atoms with Crippen LogP contribution in [0, 0.1) is 0 Å². The molecular weight excluding hydrogens is 288 g/mol. The zero-order valence-corrected chi connectivity index (χ0v) is 12.7. The molecule has 0 aliphatic rings. The first-order valence-electron chi connectivity index (χ1n) is 6.78. The van der Waals surface area contributed by atoms with Gasteiger partial charge in [0.2, 0.25) is 0 Å². The van der Waals surface area contributed by atoms with E-state index in [2.05, 4.69) is 15.6 Å². The number of rotatable bonds is 6. The van der Waals surface area contributed by atoms with Crippen molar-refractivity contribution in [3.8, 4) is 0 Å². The molecule has 2 rings (SSSR count). The molecule has 7 heteroatoms. The summed E-state index contributed by atoms with van der Waals surface area (Å²) in [5, 5.41) is 7.44. The van der Waals surface area contributed by atoms with Gasteiger partial charge < -0.3 is 10.6 Å².